The standard InChI is InChI=1S/C12H14N4O2/c1-9-4-3-5-10(6-9)7-13-11-12(16(17)18)14-8-15(11)2/h3-6,8,13H,7H2,1-2H3. The maximum absolute atomic E-state index is 10.8. The Balaban J connectivity index is 2.15. The lowest BCUT2D eigenvalue weighted by Crippen LogP contribution is -2.05. The van der Waals surface area contributed by atoms with Crippen molar-refractivity contribution in [2.24, 2.45) is 7.05 Å². The van der Waals surface area contributed by atoms with Gasteiger partial charge in [0.15, 0.2) is 0 Å². The number of imidazole rings is 1. The van der Waals surface area contributed by atoms with Gasteiger partial charge >= 0.3 is 5.82 Å². The molecule has 0 bridgehead atoms. The Morgan fingerprint density at radius 2 is 2.28 bits per heavy atom. The molecule has 0 spiro atoms. The van der Waals surface area contributed by atoms with Crippen LogP contribution < -0.4 is 5.32 Å². The average molecular weight is 246 g/mol. The number of nitrogens with zero attached hydrogens (tertiary/aromatic N) is 3. The molecule has 1 N–H and O–H groups in total. The van der Waals surface area contributed by atoms with Crippen LogP contribution in [-0.2, 0) is 13.6 Å². The Morgan fingerprint density at radius 3 is 2.94 bits per heavy atom. The van der Waals surface area contributed by atoms with Gasteiger partial charge in [0, 0.05) is 13.6 Å². The van der Waals surface area contributed by atoms with Gasteiger partial charge in [0.1, 0.15) is 0 Å². The summed E-state index contributed by atoms with van der Waals surface area (Å²) in [6, 6.07) is 7.98. The Kier molecular flexibility index (Phi) is 3.27. The van der Waals surface area contributed by atoms with E-state index in [1.54, 1.807) is 11.6 Å². The van der Waals surface area contributed by atoms with E-state index >= 15 is 0 Å². The maximum atomic E-state index is 10.8. The summed E-state index contributed by atoms with van der Waals surface area (Å²) >= 11 is 0. The van der Waals surface area contributed by atoms with Crippen molar-refractivity contribution in [2.75, 3.05) is 5.32 Å². The molecule has 0 unspecified atom stereocenters. The van der Waals surface area contributed by atoms with Crippen LogP contribution in [0.5, 0.6) is 0 Å². The summed E-state index contributed by atoms with van der Waals surface area (Å²) in [5, 5.41) is 13.8. The summed E-state index contributed by atoms with van der Waals surface area (Å²) in [6.07, 6.45) is 1.43. The first-order valence-electron chi connectivity index (χ1n) is 5.53. The zero-order valence-electron chi connectivity index (χ0n) is 10.3. The van der Waals surface area contributed by atoms with E-state index in [1.165, 1.54) is 6.33 Å². The van der Waals surface area contributed by atoms with Crippen LogP contribution in [0, 0.1) is 17.0 Å². The summed E-state index contributed by atoms with van der Waals surface area (Å²) < 4.78 is 1.61. The summed E-state index contributed by atoms with van der Waals surface area (Å²) in [5.74, 6) is 0.270. The summed E-state index contributed by atoms with van der Waals surface area (Å²) in [4.78, 5) is 14.0. The van der Waals surface area contributed by atoms with Crippen molar-refractivity contribution in [3.63, 3.8) is 0 Å². The highest BCUT2D eigenvalue weighted by Gasteiger charge is 2.19. The van der Waals surface area contributed by atoms with Gasteiger partial charge in [0.2, 0.25) is 12.1 Å². The molecule has 1 aromatic heterocycles. The van der Waals surface area contributed by atoms with Crippen molar-refractivity contribution in [3.8, 4) is 0 Å². The molecule has 2 rings (SSSR count). The van der Waals surface area contributed by atoms with Gasteiger partial charge in [-0.3, -0.25) is 4.57 Å². The third kappa shape index (κ3) is 2.48. The molecule has 0 aliphatic heterocycles. The van der Waals surface area contributed by atoms with Crippen LogP contribution >= 0.6 is 0 Å². The van der Waals surface area contributed by atoms with Gasteiger partial charge in [-0.2, -0.15) is 0 Å². The van der Waals surface area contributed by atoms with Gasteiger partial charge in [-0.1, -0.05) is 29.8 Å². The van der Waals surface area contributed by atoms with E-state index in [0.717, 1.165) is 11.1 Å². The van der Waals surface area contributed by atoms with Crippen molar-refractivity contribution in [1.82, 2.24) is 9.55 Å². The zero-order valence-corrected chi connectivity index (χ0v) is 10.3. The van der Waals surface area contributed by atoms with Crippen molar-refractivity contribution in [2.45, 2.75) is 13.5 Å². The lowest BCUT2D eigenvalue weighted by molar-refractivity contribution is -0.388. The topological polar surface area (TPSA) is 73.0 Å². The second-order valence-electron chi connectivity index (χ2n) is 4.13. The zero-order chi connectivity index (χ0) is 13.1. The van der Waals surface area contributed by atoms with Gasteiger partial charge in [-0.15, -0.1) is 0 Å². The number of benzene rings is 1. The van der Waals surface area contributed by atoms with Crippen LogP contribution in [0.1, 0.15) is 11.1 Å². The lowest BCUT2D eigenvalue weighted by Gasteiger charge is -2.06. The van der Waals surface area contributed by atoms with Crippen LogP contribution in [0.2, 0.25) is 0 Å². The van der Waals surface area contributed by atoms with E-state index in [0.29, 0.717) is 12.4 Å². The SMILES string of the molecule is Cc1cccc(CNc2c([N+](=O)[O-])ncn2C)c1. The molecule has 0 aliphatic carbocycles. The number of hydrogen-bond acceptors (Lipinski definition) is 4. The monoisotopic (exact) mass is 246 g/mol. The van der Waals surface area contributed by atoms with Gasteiger partial charge in [0.25, 0.3) is 0 Å². The van der Waals surface area contributed by atoms with E-state index in [4.69, 9.17) is 0 Å². The van der Waals surface area contributed by atoms with Crippen LogP contribution in [0.4, 0.5) is 11.6 Å². The Bertz CT molecular complexity index is 577. The molecule has 18 heavy (non-hydrogen) atoms. The summed E-state index contributed by atoms with van der Waals surface area (Å²) in [6.45, 7) is 2.54. The summed E-state index contributed by atoms with van der Waals surface area (Å²) in [5.41, 5.74) is 2.24. The van der Waals surface area contributed by atoms with E-state index in [9.17, 15) is 10.1 Å². The Hall–Kier alpha value is -2.37. The highest BCUT2D eigenvalue weighted by Crippen LogP contribution is 2.21. The predicted molar refractivity (Wildman–Crippen MR) is 68.4 cm³/mol. The molecule has 0 fully saturated rings. The van der Waals surface area contributed by atoms with Gasteiger partial charge in [-0.05, 0) is 22.4 Å². The fraction of sp³-hybridized carbons (Fsp3) is 0.250. The van der Waals surface area contributed by atoms with Crippen LogP contribution in [0.15, 0.2) is 30.6 Å². The second kappa shape index (κ2) is 4.87. The van der Waals surface area contributed by atoms with Gasteiger partial charge in [0.05, 0.1) is 0 Å². The molecule has 1 heterocycles. The molecule has 6 nitrogen and oxygen atoms in total. The molecule has 94 valence electrons. The Labute approximate surface area is 104 Å². The maximum Gasteiger partial charge on any atom is 0.406 e. The first-order chi connectivity index (χ1) is 8.58. The minimum Gasteiger partial charge on any atom is -0.360 e. The third-order valence-electron chi connectivity index (χ3n) is 2.63. The first-order valence-corrected chi connectivity index (χ1v) is 5.53. The molecular weight excluding hydrogens is 232 g/mol. The number of rotatable bonds is 4. The number of nitrogens with one attached hydrogen (secondary N) is 1. The van der Waals surface area contributed by atoms with Crippen molar-refractivity contribution >= 4 is 11.6 Å². The molecule has 6 heteroatoms. The third-order valence-corrected chi connectivity index (χ3v) is 2.63. The van der Waals surface area contributed by atoms with Crippen molar-refractivity contribution in [1.29, 1.82) is 0 Å². The molecule has 0 saturated heterocycles. The molecule has 0 atom stereocenters. The fourth-order valence-electron chi connectivity index (χ4n) is 1.76. The van der Waals surface area contributed by atoms with Crippen molar-refractivity contribution in [3.05, 3.63) is 51.8 Å². The van der Waals surface area contributed by atoms with E-state index in [1.807, 2.05) is 31.2 Å². The van der Waals surface area contributed by atoms with E-state index < -0.39 is 4.92 Å². The number of hydrogen-bond donors (Lipinski definition) is 1. The van der Waals surface area contributed by atoms with Crippen molar-refractivity contribution < 1.29 is 4.92 Å². The first kappa shape index (κ1) is 12.1. The van der Waals surface area contributed by atoms with E-state index in [2.05, 4.69) is 10.3 Å². The largest absolute Gasteiger partial charge is 0.406 e. The van der Waals surface area contributed by atoms with E-state index in [-0.39, 0.29) is 5.82 Å². The molecule has 0 aliphatic rings. The molecule has 1 aromatic carbocycles. The minimum atomic E-state index is -0.488. The quantitative estimate of drug-likeness (QED) is 0.663. The molecule has 0 amide bonds. The van der Waals surface area contributed by atoms with Crippen LogP contribution in [-0.4, -0.2) is 14.5 Å². The van der Waals surface area contributed by atoms with Gasteiger partial charge < -0.3 is 15.4 Å². The second-order valence-corrected chi connectivity index (χ2v) is 4.13. The average Bonchev–Trinajstić information content (AvgIpc) is 2.68. The lowest BCUT2D eigenvalue weighted by atomic mass is 10.1. The predicted octanol–water partition coefficient (Wildman–Crippen LogP) is 2.25. The Morgan fingerprint density at radius 1 is 1.50 bits per heavy atom. The van der Waals surface area contributed by atoms with Gasteiger partial charge in [-0.25, -0.2) is 0 Å². The number of nitro groups is 1. The number of aryl methyl sites for hydroxylation is 2. The minimum absolute atomic E-state index is 0.148. The normalized spacial score (nSPS) is 10.3. The van der Waals surface area contributed by atoms with Crippen LogP contribution in [0.3, 0.4) is 0 Å². The highest BCUT2D eigenvalue weighted by molar-refractivity contribution is 5.52. The highest BCUT2D eigenvalue weighted by atomic mass is 16.6. The van der Waals surface area contributed by atoms with Crippen LogP contribution in [0.25, 0.3) is 0 Å². The smallest absolute Gasteiger partial charge is 0.360 e. The summed E-state index contributed by atoms with van der Waals surface area (Å²) in [7, 11) is 1.72. The molecule has 0 saturated carbocycles. The fourth-order valence-corrected chi connectivity index (χ4v) is 1.76. The number of aromatic nitrogens is 2. The molecular formula is C12H14N4O2. The number of anilines is 1. The molecule has 2 aromatic rings. The molecule has 0 radical (unpaired) electrons.